The predicted octanol–water partition coefficient (Wildman–Crippen LogP) is 4.93. The number of carbonyl (C=O) groups excluding carboxylic acids is 1. The van der Waals surface area contributed by atoms with Crippen molar-refractivity contribution in [3.63, 3.8) is 0 Å². The lowest BCUT2D eigenvalue weighted by molar-refractivity contribution is 0.0991. The van der Waals surface area contributed by atoms with Crippen LogP contribution in [0.5, 0.6) is 5.75 Å². The summed E-state index contributed by atoms with van der Waals surface area (Å²) in [7, 11) is 3.34. The summed E-state index contributed by atoms with van der Waals surface area (Å²) in [5, 5.41) is 8.99. The van der Waals surface area contributed by atoms with E-state index >= 15 is 0 Å². The van der Waals surface area contributed by atoms with Gasteiger partial charge in [0.2, 0.25) is 0 Å². The van der Waals surface area contributed by atoms with Gasteiger partial charge >= 0.3 is 0 Å². The summed E-state index contributed by atoms with van der Waals surface area (Å²) in [5.74, 6) is 1.08. The van der Waals surface area contributed by atoms with E-state index in [0.717, 1.165) is 33.7 Å². The largest absolute Gasteiger partial charge is 0.497 e. The Morgan fingerprint density at radius 3 is 2.58 bits per heavy atom. The van der Waals surface area contributed by atoms with Gasteiger partial charge in [0.15, 0.2) is 0 Å². The normalized spacial score (nSPS) is 10.8. The number of pyridine rings is 1. The molecule has 0 spiro atoms. The molecular weight excluding hydrogens is 388 g/mol. The monoisotopic (exact) mass is 412 g/mol. The van der Waals surface area contributed by atoms with Crippen LogP contribution in [-0.2, 0) is 0 Å². The van der Waals surface area contributed by atoms with E-state index in [2.05, 4.69) is 4.98 Å². The summed E-state index contributed by atoms with van der Waals surface area (Å²) in [5.41, 5.74) is 4.38. The minimum atomic E-state index is -0.205. The quantitative estimate of drug-likeness (QED) is 0.473. The number of ether oxygens (including phenoxy) is 1. The first-order valence-corrected chi connectivity index (χ1v) is 9.97. The Kier molecular flexibility index (Phi) is 5.29. The van der Waals surface area contributed by atoms with Gasteiger partial charge in [-0.1, -0.05) is 24.3 Å². The number of hydrogen-bond acceptors (Lipinski definition) is 4. The molecular formula is C25H24N4O2. The summed E-state index contributed by atoms with van der Waals surface area (Å²) in [6.45, 7) is 3.81. The maximum absolute atomic E-state index is 13.5. The van der Waals surface area contributed by atoms with Gasteiger partial charge in [-0.2, -0.15) is 0 Å². The van der Waals surface area contributed by atoms with Crippen molar-refractivity contribution in [1.29, 1.82) is 5.41 Å². The van der Waals surface area contributed by atoms with Gasteiger partial charge in [-0.05, 0) is 44.2 Å². The summed E-state index contributed by atoms with van der Waals surface area (Å²) >= 11 is 0. The SMILES string of the molecule is COc1cccc(-n2c(C)c(C=N)c(C(=O)N(C)c3ccc4ccccc4n3)c2C)c1. The Labute approximate surface area is 181 Å². The molecule has 156 valence electrons. The molecule has 0 saturated heterocycles. The zero-order chi connectivity index (χ0) is 22.1. The van der Waals surface area contributed by atoms with Crippen molar-refractivity contribution in [2.45, 2.75) is 13.8 Å². The number of benzene rings is 2. The van der Waals surface area contributed by atoms with E-state index in [-0.39, 0.29) is 5.91 Å². The van der Waals surface area contributed by atoms with Gasteiger partial charge in [0.25, 0.3) is 5.91 Å². The van der Waals surface area contributed by atoms with Crippen LogP contribution in [0.4, 0.5) is 5.82 Å². The first-order chi connectivity index (χ1) is 15.0. The molecule has 4 aromatic rings. The van der Waals surface area contributed by atoms with Gasteiger partial charge in [0, 0.05) is 47.4 Å². The highest BCUT2D eigenvalue weighted by Gasteiger charge is 2.26. The third-order valence-corrected chi connectivity index (χ3v) is 5.59. The zero-order valence-electron chi connectivity index (χ0n) is 18.0. The van der Waals surface area contributed by atoms with Crippen molar-refractivity contribution in [3.05, 3.63) is 83.2 Å². The van der Waals surface area contributed by atoms with Crippen molar-refractivity contribution in [2.75, 3.05) is 19.1 Å². The van der Waals surface area contributed by atoms with Crippen LogP contribution >= 0.6 is 0 Å². The second-order valence-electron chi connectivity index (χ2n) is 7.37. The highest BCUT2D eigenvalue weighted by molar-refractivity contribution is 6.11. The van der Waals surface area contributed by atoms with E-state index in [0.29, 0.717) is 16.9 Å². The number of aromatic nitrogens is 2. The first-order valence-electron chi connectivity index (χ1n) is 9.97. The molecule has 2 aromatic heterocycles. The number of carbonyl (C=O) groups is 1. The molecule has 2 aromatic carbocycles. The van der Waals surface area contributed by atoms with E-state index in [4.69, 9.17) is 10.1 Å². The van der Waals surface area contributed by atoms with Gasteiger partial charge in [-0.25, -0.2) is 4.98 Å². The van der Waals surface area contributed by atoms with E-state index < -0.39 is 0 Å². The fraction of sp³-hybridized carbons (Fsp3) is 0.160. The predicted molar refractivity (Wildman–Crippen MR) is 124 cm³/mol. The lowest BCUT2D eigenvalue weighted by atomic mass is 10.1. The highest BCUT2D eigenvalue weighted by Crippen LogP contribution is 2.29. The molecule has 31 heavy (non-hydrogen) atoms. The molecule has 0 saturated carbocycles. The Morgan fingerprint density at radius 1 is 1.06 bits per heavy atom. The number of fused-ring (bicyclic) bond motifs is 1. The standard InChI is InChI=1S/C25H24N4O2/c1-16-21(15-26)24(17(2)29(16)19-9-7-10-20(14-19)31-4)25(30)28(3)23-13-12-18-8-5-6-11-22(18)27-23/h5-15,26H,1-4H3. The number of anilines is 1. The third-order valence-electron chi connectivity index (χ3n) is 5.59. The van der Waals surface area contributed by atoms with Crippen molar-refractivity contribution >= 4 is 28.8 Å². The third kappa shape index (κ3) is 3.46. The minimum Gasteiger partial charge on any atom is -0.497 e. The van der Waals surface area contributed by atoms with Crippen LogP contribution in [0.25, 0.3) is 16.6 Å². The Morgan fingerprint density at radius 2 is 1.84 bits per heavy atom. The van der Waals surface area contributed by atoms with Gasteiger partial charge in [0.1, 0.15) is 11.6 Å². The van der Waals surface area contributed by atoms with Gasteiger partial charge in [-0.3, -0.25) is 9.69 Å². The Bertz CT molecular complexity index is 1310. The van der Waals surface area contributed by atoms with Gasteiger partial charge in [0.05, 0.1) is 18.2 Å². The van der Waals surface area contributed by atoms with Crippen LogP contribution in [0, 0.1) is 19.3 Å². The van der Waals surface area contributed by atoms with Crippen molar-refractivity contribution in [1.82, 2.24) is 9.55 Å². The molecule has 0 fully saturated rings. The molecule has 6 heteroatoms. The van der Waals surface area contributed by atoms with Crippen molar-refractivity contribution in [3.8, 4) is 11.4 Å². The molecule has 0 radical (unpaired) electrons. The lowest BCUT2D eigenvalue weighted by Crippen LogP contribution is -2.28. The van der Waals surface area contributed by atoms with Gasteiger partial charge in [-0.15, -0.1) is 0 Å². The summed E-state index contributed by atoms with van der Waals surface area (Å²) in [6, 6.07) is 19.2. The molecule has 0 aliphatic rings. The maximum Gasteiger partial charge on any atom is 0.261 e. The van der Waals surface area contributed by atoms with Crippen LogP contribution in [0.15, 0.2) is 60.7 Å². The topological polar surface area (TPSA) is 71.2 Å². The highest BCUT2D eigenvalue weighted by atomic mass is 16.5. The fourth-order valence-corrected chi connectivity index (χ4v) is 3.96. The zero-order valence-corrected chi connectivity index (χ0v) is 18.0. The molecule has 0 aliphatic carbocycles. The number of amides is 1. The van der Waals surface area contributed by atoms with Crippen molar-refractivity contribution in [2.24, 2.45) is 0 Å². The lowest BCUT2D eigenvalue weighted by Gasteiger charge is -2.18. The maximum atomic E-state index is 13.5. The second kappa shape index (κ2) is 8.07. The number of nitrogens with zero attached hydrogens (tertiary/aromatic N) is 3. The molecule has 0 aliphatic heterocycles. The Balaban J connectivity index is 1.80. The van der Waals surface area contributed by atoms with Crippen LogP contribution in [0.3, 0.4) is 0 Å². The number of rotatable bonds is 5. The average molecular weight is 412 g/mol. The second-order valence-corrected chi connectivity index (χ2v) is 7.37. The molecule has 2 heterocycles. The average Bonchev–Trinajstić information content (AvgIpc) is 3.06. The molecule has 1 amide bonds. The smallest absolute Gasteiger partial charge is 0.261 e. The first kappa shape index (κ1) is 20.3. The molecule has 4 rings (SSSR count). The molecule has 0 bridgehead atoms. The molecule has 1 N–H and O–H groups in total. The van der Waals surface area contributed by atoms with E-state index in [9.17, 15) is 4.79 Å². The van der Waals surface area contributed by atoms with Gasteiger partial charge < -0.3 is 14.7 Å². The van der Waals surface area contributed by atoms with Crippen molar-refractivity contribution < 1.29 is 9.53 Å². The molecule has 6 nitrogen and oxygen atoms in total. The number of methoxy groups -OCH3 is 1. The van der Waals surface area contributed by atoms with Crippen LogP contribution in [0.2, 0.25) is 0 Å². The molecule has 0 atom stereocenters. The summed E-state index contributed by atoms with van der Waals surface area (Å²) < 4.78 is 7.34. The molecule has 0 unspecified atom stereocenters. The number of para-hydroxylation sites is 1. The van der Waals surface area contributed by atoms with E-state index in [1.165, 1.54) is 11.1 Å². The van der Waals surface area contributed by atoms with E-state index in [1.54, 1.807) is 14.2 Å². The van der Waals surface area contributed by atoms with Crippen LogP contribution in [0.1, 0.15) is 27.3 Å². The van der Waals surface area contributed by atoms with E-state index in [1.807, 2.05) is 79.1 Å². The summed E-state index contributed by atoms with van der Waals surface area (Å²) in [4.78, 5) is 19.7. The number of hydrogen-bond donors (Lipinski definition) is 1. The minimum absolute atomic E-state index is 0.205. The number of nitrogens with one attached hydrogen (secondary N) is 1. The summed E-state index contributed by atoms with van der Waals surface area (Å²) in [6.07, 6.45) is 1.24. The Hall–Kier alpha value is -3.93. The van der Waals surface area contributed by atoms with Crippen LogP contribution < -0.4 is 9.64 Å². The van der Waals surface area contributed by atoms with Crippen LogP contribution in [-0.4, -0.2) is 35.8 Å². The fourth-order valence-electron chi connectivity index (χ4n) is 3.96.